The van der Waals surface area contributed by atoms with E-state index in [4.69, 9.17) is 0 Å². The van der Waals surface area contributed by atoms with Crippen molar-refractivity contribution in [1.82, 2.24) is 35.9 Å². The van der Waals surface area contributed by atoms with Gasteiger partial charge in [-0.3, -0.25) is 24.8 Å². The lowest BCUT2D eigenvalue weighted by Gasteiger charge is -2.23. The van der Waals surface area contributed by atoms with Crippen LogP contribution in [0.15, 0.2) is 42.4 Å². The van der Waals surface area contributed by atoms with Crippen LogP contribution in [-0.4, -0.2) is 75.4 Å². The molecule has 1 aromatic carbocycles. The van der Waals surface area contributed by atoms with Gasteiger partial charge in [0.05, 0.1) is 24.9 Å². The van der Waals surface area contributed by atoms with Gasteiger partial charge < -0.3 is 15.2 Å². The van der Waals surface area contributed by atoms with Crippen molar-refractivity contribution in [2.24, 2.45) is 0 Å². The molecule has 0 radical (unpaired) electrons. The standard InChI is InChI=1S/C20H26F4N8O3/c1-25-19(34)16-11-32(29-30(16)2)10-14(21)6-7-31-12-17(27-28-31)26-18(33)9-13-4-3-5-15(8-13)35-20(22,23)24/h3-5,8,11-12,14,19,25,29,34H,6-7,9-10H2,1-2H3,(H,26,33). The summed E-state index contributed by atoms with van der Waals surface area (Å²) in [6.45, 7) is 0.222. The third-order valence-electron chi connectivity index (χ3n) is 4.88. The summed E-state index contributed by atoms with van der Waals surface area (Å²) in [5.41, 5.74) is 3.75. The number of aliphatic hydroxyl groups is 1. The van der Waals surface area contributed by atoms with Crippen molar-refractivity contribution in [2.45, 2.75) is 38.1 Å². The summed E-state index contributed by atoms with van der Waals surface area (Å²) in [6, 6.07) is 5.10. The lowest BCUT2D eigenvalue weighted by atomic mass is 10.1. The number of hydrogen-bond acceptors (Lipinski definition) is 9. The molecular formula is C20H26F4N8O3. The molecule has 0 saturated heterocycles. The van der Waals surface area contributed by atoms with E-state index >= 15 is 0 Å². The van der Waals surface area contributed by atoms with Gasteiger partial charge in [-0.1, -0.05) is 17.3 Å². The third-order valence-corrected chi connectivity index (χ3v) is 4.88. The minimum absolute atomic E-state index is 0.0275. The van der Waals surface area contributed by atoms with E-state index in [9.17, 15) is 27.5 Å². The van der Waals surface area contributed by atoms with Gasteiger partial charge in [0, 0.05) is 26.2 Å². The predicted molar refractivity (Wildman–Crippen MR) is 116 cm³/mol. The zero-order valence-corrected chi connectivity index (χ0v) is 19.0. The van der Waals surface area contributed by atoms with Gasteiger partial charge in [0.15, 0.2) is 5.82 Å². The topological polar surface area (TPSA) is 120 Å². The molecule has 35 heavy (non-hydrogen) atoms. The van der Waals surface area contributed by atoms with Gasteiger partial charge in [0.2, 0.25) is 5.91 Å². The zero-order chi connectivity index (χ0) is 25.6. The highest BCUT2D eigenvalue weighted by atomic mass is 19.4. The number of aliphatic hydroxyl groups excluding tert-OH is 1. The van der Waals surface area contributed by atoms with Crippen molar-refractivity contribution < 1.29 is 32.2 Å². The van der Waals surface area contributed by atoms with Crippen molar-refractivity contribution in [3.05, 3.63) is 47.9 Å². The maximum Gasteiger partial charge on any atom is 0.573 e. The number of ether oxygens (including phenoxy) is 1. The molecule has 4 N–H and O–H groups in total. The van der Waals surface area contributed by atoms with Crippen molar-refractivity contribution >= 4 is 11.7 Å². The van der Waals surface area contributed by atoms with Crippen LogP contribution in [-0.2, 0) is 17.8 Å². The Labute approximate surface area is 198 Å². The highest BCUT2D eigenvalue weighted by Gasteiger charge is 2.31. The number of amides is 1. The number of nitrogens with one attached hydrogen (secondary N) is 3. The van der Waals surface area contributed by atoms with Gasteiger partial charge in [0.1, 0.15) is 18.1 Å². The molecule has 1 aromatic heterocycles. The number of anilines is 1. The first-order valence-corrected chi connectivity index (χ1v) is 10.5. The second-order valence-electron chi connectivity index (χ2n) is 7.73. The summed E-state index contributed by atoms with van der Waals surface area (Å²) in [5.74, 6) is -0.806. The van der Waals surface area contributed by atoms with Gasteiger partial charge in [-0.25, -0.2) is 4.39 Å². The number of benzene rings is 1. The van der Waals surface area contributed by atoms with E-state index in [0.717, 1.165) is 12.1 Å². The molecule has 2 heterocycles. The predicted octanol–water partition coefficient (Wildman–Crippen LogP) is 1.13. The van der Waals surface area contributed by atoms with Gasteiger partial charge in [0.25, 0.3) is 0 Å². The van der Waals surface area contributed by atoms with Crippen LogP contribution in [0.5, 0.6) is 5.75 Å². The quantitative estimate of drug-likeness (QED) is 0.265. The molecule has 1 amide bonds. The Hall–Kier alpha value is -3.43. The summed E-state index contributed by atoms with van der Waals surface area (Å²) < 4.78 is 56.7. The Kier molecular flexibility index (Phi) is 8.48. The van der Waals surface area contributed by atoms with E-state index in [1.54, 1.807) is 25.3 Å². The molecule has 0 bridgehead atoms. The fraction of sp³-hybridized carbons (Fsp3) is 0.450. The van der Waals surface area contributed by atoms with Crippen LogP contribution in [0.4, 0.5) is 23.4 Å². The molecule has 0 fully saturated rings. The summed E-state index contributed by atoms with van der Waals surface area (Å²) in [6.07, 6.45) is -4.01. The molecular weight excluding hydrogens is 476 g/mol. The Bertz CT molecular complexity index is 1030. The molecule has 11 nitrogen and oxygen atoms in total. The maximum atomic E-state index is 14.5. The van der Waals surface area contributed by atoms with Crippen molar-refractivity contribution in [3.63, 3.8) is 0 Å². The SMILES string of the molecule is CNC(O)C1=CN(CC(F)CCn2cc(NC(=O)Cc3cccc(OC(F)(F)F)c3)nn2)NN1C. The number of carbonyl (C=O) groups excluding carboxylic acids is 1. The molecule has 2 aromatic rings. The molecule has 192 valence electrons. The Morgan fingerprint density at radius 1 is 1.34 bits per heavy atom. The molecule has 2 atom stereocenters. The monoisotopic (exact) mass is 502 g/mol. The average Bonchev–Trinajstić information content (AvgIpc) is 3.36. The highest BCUT2D eigenvalue weighted by molar-refractivity contribution is 5.91. The highest BCUT2D eigenvalue weighted by Crippen LogP contribution is 2.23. The van der Waals surface area contributed by atoms with Crippen LogP contribution in [0.3, 0.4) is 0 Å². The van der Waals surface area contributed by atoms with E-state index in [-0.39, 0.29) is 31.7 Å². The van der Waals surface area contributed by atoms with Gasteiger partial charge in [-0.15, -0.1) is 23.8 Å². The van der Waals surface area contributed by atoms with Crippen LogP contribution in [0.25, 0.3) is 0 Å². The molecule has 1 aliphatic rings. The number of aromatic nitrogens is 3. The number of rotatable bonds is 11. The van der Waals surface area contributed by atoms with E-state index < -0.39 is 30.4 Å². The lowest BCUT2D eigenvalue weighted by Crippen LogP contribution is -2.43. The summed E-state index contributed by atoms with van der Waals surface area (Å²) >= 11 is 0. The Balaban J connectivity index is 1.45. The lowest BCUT2D eigenvalue weighted by molar-refractivity contribution is -0.274. The molecule has 3 rings (SSSR count). The van der Waals surface area contributed by atoms with Gasteiger partial charge in [-0.2, -0.15) is 0 Å². The van der Waals surface area contributed by atoms with E-state index in [2.05, 4.69) is 31.2 Å². The summed E-state index contributed by atoms with van der Waals surface area (Å²) in [4.78, 5) is 12.2. The van der Waals surface area contributed by atoms with Crippen LogP contribution in [0, 0.1) is 0 Å². The maximum absolute atomic E-state index is 14.5. The van der Waals surface area contributed by atoms with Crippen molar-refractivity contribution in [1.29, 1.82) is 0 Å². The molecule has 15 heteroatoms. The molecule has 1 aliphatic heterocycles. The molecule has 0 aliphatic carbocycles. The van der Waals surface area contributed by atoms with Crippen molar-refractivity contribution in [3.8, 4) is 5.75 Å². The first kappa shape index (κ1) is 26.2. The zero-order valence-electron chi connectivity index (χ0n) is 19.0. The molecule has 0 spiro atoms. The van der Waals surface area contributed by atoms with Gasteiger partial charge >= 0.3 is 6.36 Å². The number of likely N-dealkylation sites (N-methyl/N-ethyl adjacent to an activating group) is 2. The Morgan fingerprint density at radius 2 is 2.11 bits per heavy atom. The van der Waals surface area contributed by atoms with Crippen LogP contribution in [0.2, 0.25) is 0 Å². The van der Waals surface area contributed by atoms with Crippen molar-refractivity contribution in [2.75, 3.05) is 26.0 Å². The fourth-order valence-corrected chi connectivity index (χ4v) is 3.29. The minimum Gasteiger partial charge on any atom is -0.406 e. The van der Waals surface area contributed by atoms with Crippen LogP contribution >= 0.6 is 0 Å². The van der Waals surface area contributed by atoms with E-state index in [1.807, 2.05) is 0 Å². The summed E-state index contributed by atoms with van der Waals surface area (Å²) in [7, 11) is 3.29. The number of nitrogens with zero attached hydrogens (tertiary/aromatic N) is 5. The van der Waals surface area contributed by atoms with Crippen LogP contribution in [0.1, 0.15) is 12.0 Å². The Morgan fingerprint density at radius 3 is 2.83 bits per heavy atom. The second-order valence-corrected chi connectivity index (χ2v) is 7.73. The number of hydrazine groups is 2. The van der Waals surface area contributed by atoms with Crippen LogP contribution < -0.4 is 20.9 Å². The normalized spacial score (nSPS) is 15.7. The number of aryl methyl sites for hydroxylation is 1. The number of alkyl halides is 4. The van der Waals surface area contributed by atoms with Gasteiger partial charge in [-0.05, 0) is 24.7 Å². The number of hydrogen-bond donors (Lipinski definition) is 4. The first-order valence-electron chi connectivity index (χ1n) is 10.5. The molecule has 0 saturated carbocycles. The third kappa shape index (κ3) is 8.08. The summed E-state index contributed by atoms with van der Waals surface area (Å²) in [5, 5.41) is 25.8. The largest absolute Gasteiger partial charge is 0.573 e. The van der Waals surface area contributed by atoms with E-state index in [1.165, 1.54) is 28.0 Å². The first-order chi connectivity index (χ1) is 16.5. The smallest absolute Gasteiger partial charge is 0.406 e. The number of carbonyl (C=O) groups is 1. The minimum atomic E-state index is -4.83. The second kappa shape index (κ2) is 11.3. The fourth-order valence-electron chi connectivity index (χ4n) is 3.29. The van der Waals surface area contributed by atoms with E-state index in [0.29, 0.717) is 11.3 Å². The number of halogens is 4. The molecule has 2 unspecified atom stereocenters. The average molecular weight is 502 g/mol.